The summed E-state index contributed by atoms with van der Waals surface area (Å²) in [5.41, 5.74) is 0.666. The quantitative estimate of drug-likeness (QED) is 0.467. The molecule has 0 heterocycles. The van der Waals surface area contributed by atoms with Gasteiger partial charge in [0.05, 0.1) is 15.4 Å². The van der Waals surface area contributed by atoms with Crippen molar-refractivity contribution in [1.29, 1.82) is 0 Å². The fraction of sp³-hybridized carbons (Fsp3) is 0.278. The number of likely N-dealkylation sites (N-methyl/N-ethyl adjacent to an activating group) is 1. The highest BCUT2D eigenvalue weighted by atomic mass is 79.9. The van der Waals surface area contributed by atoms with Crippen molar-refractivity contribution in [3.63, 3.8) is 0 Å². The normalized spacial score (nSPS) is 13.0. The SMILES string of the molecule is CC(Oc1ccc(Cl)cc1Br)C(=O)N(C)C(C)c1cccc([N+](=O)[O-])c1. The van der Waals surface area contributed by atoms with E-state index in [2.05, 4.69) is 15.9 Å². The molecular weight excluding hydrogens is 424 g/mol. The van der Waals surface area contributed by atoms with Crippen LogP contribution in [0.25, 0.3) is 0 Å². The van der Waals surface area contributed by atoms with E-state index in [4.69, 9.17) is 16.3 Å². The molecule has 0 saturated carbocycles. The molecule has 138 valence electrons. The Labute approximate surface area is 165 Å². The number of nitrogens with zero attached hydrogens (tertiary/aromatic N) is 2. The minimum atomic E-state index is -0.737. The van der Waals surface area contributed by atoms with Crippen LogP contribution in [0, 0.1) is 10.1 Å². The van der Waals surface area contributed by atoms with Gasteiger partial charge in [-0.15, -0.1) is 0 Å². The van der Waals surface area contributed by atoms with Crippen LogP contribution in [0.4, 0.5) is 5.69 Å². The molecule has 2 rings (SSSR count). The van der Waals surface area contributed by atoms with Gasteiger partial charge < -0.3 is 9.64 Å². The van der Waals surface area contributed by atoms with Crippen LogP contribution in [0.2, 0.25) is 5.02 Å². The number of hydrogen-bond donors (Lipinski definition) is 0. The first kappa shape index (κ1) is 20.2. The minimum Gasteiger partial charge on any atom is -0.480 e. The molecule has 2 aromatic carbocycles. The number of benzene rings is 2. The maximum absolute atomic E-state index is 12.7. The van der Waals surface area contributed by atoms with Crippen LogP contribution in [0.3, 0.4) is 0 Å². The lowest BCUT2D eigenvalue weighted by Gasteiger charge is -2.28. The first-order valence-electron chi connectivity index (χ1n) is 7.83. The highest BCUT2D eigenvalue weighted by molar-refractivity contribution is 9.10. The second kappa shape index (κ2) is 8.51. The number of carbonyl (C=O) groups excluding carboxylic acids is 1. The van der Waals surface area contributed by atoms with Crippen LogP contribution in [0.1, 0.15) is 25.5 Å². The third-order valence-corrected chi connectivity index (χ3v) is 4.89. The molecule has 0 fully saturated rings. The van der Waals surface area contributed by atoms with Gasteiger partial charge in [0.1, 0.15) is 5.75 Å². The van der Waals surface area contributed by atoms with E-state index >= 15 is 0 Å². The van der Waals surface area contributed by atoms with Crippen molar-refractivity contribution >= 4 is 39.1 Å². The van der Waals surface area contributed by atoms with Crippen molar-refractivity contribution in [2.75, 3.05) is 7.05 Å². The molecule has 0 N–H and O–H groups in total. The molecule has 1 amide bonds. The fourth-order valence-corrected chi connectivity index (χ4v) is 3.19. The van der Waals surface area contributed by atoms with Crippen molar-refractivity contribution in [2.24, 2.45) is 0 Å². The summed E-state index contributed by atoms with van der Waals surface area (Å²) in [5.74, 6) is 0.262. The standard InChI is InChI=1S/C18H18BrClN2O4/c1-11(13-5-4-6-15(9-13)22(24)25)21(3)18(23)12(2)26-17-8-7-14(20)10-16(17)19/h4-12H,1-3H3. The lowest BCUT2D eigenvalue weighted by Crippen LogP contribution is -2.39. The highest BCUT2D eigenvalue weighted by Gasteiger charge is 2.25. The van der Waals surface area contributed by atoms with E-state index in [1.807, 2.05) is 6.92 Å². The minimum absolute atomic E-state index is 0.00964. The molecule has 0 aromatic heterocycles. The Hall–Kier alpha value is -2.12. The van der Waals surface area contributed by atoms with E-state index in [-0.39, 0.29) is 17.6 Å². The number of nitro benzene ring substituents is 1. The molecule has 0 radical (unpaired) electrons. The summed E-state index contributed by atoms with van der Waals surface area (Å²) in [5, 5.41) is 11.5. The number of halogens is 2. The number of amides is 1. The Balaban J connectivity index is 2.12. The fourth-order valence-electron chi connectivity index (χ4n) is 2.41. The van der Waals surface area contributed by atoms with E-state index in [1.165, 1.54) is 17.0 Å². The Morgan fingerprint density at radius 1 is 1.27 bits per heavy atom. The van der Waals surface area contributed by atoms with E-state index in [1.54, 1.807) is 44.3 Å². The summed E-state index contributed by atoms with van der Waals surface area (Å²) in [7, 11) is 1.64. The maximum atomic E-state index is 12.7. The molecular formula is C18H18BrClN2O4. The van der Waals surface area contributed by atoms with Gasteiger partial charge in [-0.25, -0.2) is 0 Å². The third kappa shape index (κ3) is 4.74. The predicted octanol–water partition coefficient (Wildman–Crippen LogP) is 5.00. The third-order valence-electron chi connectivity index (χ3n) is 4.04. The number of ether oxygens (including phenoxy) is 1. The topological polar surface area (TPSA) is 72.7 Å². The molecule has 2 aromatic rings. The highest BCUT2D eigenvalue weighted by Crippen LogP contribution is 2.29. The van der Waals surface area contributed by atoms with Gasteiger partial charge in [-0.3, -0.25) is 14.9 Å². The van der Waals surface area contributed by atoms with E-state index in [0.717, 1.165) is 0 Å². The molecule has 8 heteroatoms. The zero-order chi connectivity index (χ0) is 19.4. The first-order chi connectivity index (χ1) is 12.2. The second-order valence-corrected chi connectivity index (χ2v) is 7.10. The van der Waals surface area contributed by atoms with Crippen LogP contribution in [-0.4, -0.2) is 28.9 Å². The number of hydrogen-bond acceptors (Lipinski definition) is 4. The van der Waals surface area contributed by atoms with E-state index < -0.39 is 11.0 Å². The first-order valence-corrected chi connectivity index (χ1v) is 9.00. The van der Waals surface area contributed by atoms with Crippen LogP contribution in [0.5, 0.6) is 5.75 Å². The average molecular weight is 442 g/mol. The maximum Gasteiger partial charge on any atom is 0.269 e. The van der Waals surface area contributed by atoms with Crippen LogP contribution >= 0.6 is 27.5 Å². The van der Waals surface area contributed by atoms with Gasteiger partial charge >= 0.3 is 0 Å². The zero-order valence-electron chi connectivity index (χ0n) is 14.5. The summed E-state index contributed by atoms with van der Waals surface area (Å²) < 4.78 is 6.38. The average Bonchev–Trinajstić information content (AvgIpc) is 2.62. The molecule has 6 nitrogen and oxygen atoms in total. The van der Waals surface area contributed by atoms with Crippen LogP contribution < -0.4 is 4.74 Å². The molecule has 0 aliphatic carbocycles. The number of nitro groups is 1. The molecule has 0 spiro atoms. The van der Waals surface area contributed by atoms with Crippen molar-refractivity contribution in [3.05, 3.63) is 67.6 Å². The van der Waals surface area contributed by atoms with Crippen LogP contribution in [-0.2, 0) is 4.79 Å². The van der Waals surface area contributed by atoms with Crippen molar-refractivity contribution in [3.8, 4) is 5.75 Å². The molecule has 2 unspecified atom stereocenters. The number of rotatable bonds is 6. The lowest BCUT2D eigenvalue weighted by atomic mass is 10.1. The van der Waals surface area contributed by atoms with Crippen molar-refractivity contribution in [2.45, 2.75) is 26.0 Å². The monoisotopic (exact) mass is 440 g/mol. The molecule has 2 atom stereocenters. The summed E-state index contributed by atoms with van der Waals surface area (Å²) >= 11 is 9.25. The van der Waals surface area contributed by atoms with Crippen molar-refractivity contribution in [1.82, 2.24) is 4.90 Å². The van der Waals surface area contributed by atoms with E-state index in [0.29, 0.717) is 20.8 Å². The summed E-state index contributed by atoms with van der Waals surface area (Å²) in [6.07, 6.45) is -0.737. The summed E-state index contributed by atoms with van der Waals surface area (Å²) in [6, 6.07) is 10.9. The van der Waals surface area contributed by atoms with E-state index in [9.17, 15) is 14.9 Å². The Morgan fingerprint density at radius 3 is 2.58 bits per heavy atom. The van der Waals surface area contributed by atoms with Gasteiger partial charge in [-0.2, -0.15) is 0 Å². The summed E-state index contributed by atoms with van der Waals surface area (Å²) in [4.78, 5) is 24.7. The van der Waals surface area contributed by atoms with Crippen LogP contribution in [0.15, 0.2) is 46.9 Å². The Morgan fingerprint density at radius 2 is 1.96 bits per heavy atom. The molecule has 0 saturated heterocycles. The molecule has 0 aliphatic rings. The largest absolute Gasteiger partial charge is 0.480 e. The van der Waals surface area contributed by atoms with Gasteiger partial charge in [-0.1, -0.05) is 23.7 Å². The van der Waals surface area contributed by atoms with Gasteiger partial charge in [0.25, 0.3) is 11.6 Å². The number of carbonyl (C=O) groups is 1. The Bertz CT molecular complexity index is 831. The zero-order valence-corrected chi connectivity index (χ0v) is 16.8. The van der Waals surface area contributed by atoms with Gasteiger partial charge in [0.2, 0.25) is 0 Å². The lowest BCUT2D eigenvalue weighted by molar-refractivity contribution is -0.384. The smallest absolute Gasteiger partial charge is 0.269 e. The van der Waals surface area contributed by atoms with Crippen molar-refractivity contribution < 1.29 is 14.5 Å². The second-order valence-electron chi connectivity index (χ2n) is 5.81. The predicted molar refractivity (Wildman–Crippen MR) is 104 cm³/mol. The summed E-state index contributed by atoms with van der Waals surface area (Å²) in [6.45, 7) is 3.46. The van der Waals surface area contributed by atoms with Gasteiger partial charge in [0.15, 0.2) is 6.10 Å². The Kier molecular flexibility index (Phi) is 6.61. The van der Waals surface area contributed by atoms with Gasteiger partial charge in [-0.05, 0) is 53.5 Å². The number of non-ortho nitro benzene ring substituents is 1. The molecule has 0 bridgehead atoms. The molecule has 0 aliphatic heterocycles. The van der Waals surface area contributed by atoms with Gasteiger partial charge in [0, 0.05) is 24.2 Å². The molecule has 26 heavy (non-hydrogen) atoms.